The zero-order valence-corrected chi connectivity index (χ0v) is 7.42. The van der Waals surface area contributed by atoms with E-state index in [2.05, 4.69) is 5.16 Å². The van der Waals surface area contributed by atoms with Gasteiger partial charge in [-0.25, -0.2) is 0 Å². The molecule has 0 fully saturated rings. The first-order valence-corrected chi connectivity index (χ1v) is 4.09. The van der Waals surface area contributed by atoms with Crippen molar-refractivity contribution < 1.29 is 5.21 Å². The van der Waals surface area contributed by atoms with Crippen LogP contribution in [0.4, 0.5) is 0 Å². The van der Waals surface area contributed by atoms with Crippen LogP contribution in [0.15, 0.2) is 23.4 Å². The Kier molecular flexibility index (Phi) is 1.74. The second-order valence-electron chi connectivity index (χ2n) is 2.77. The Balaban J connectivity index is 2.42. The zero-order valence-electron chi connectivity index (χ0n) is 6.66. The summed E-state index contributed by atoms with van der Waals surface area (Å²) in [7, 11) is 0. The van der Waals surface area contributed by atoms with Gasteiger partial charge in [0.15, 0.2) is 5.84 Å². The molecule has 1 aliphatic rings. The second-order valence-corrected chi connectivity index (χ2v) is 3.21. The first-order valence-electron chi connectivity index (χ1n) is 3.72. The number of rotatable bonds is 1. The molecule has 66 valence electrons. The molecule has 2 rings (SSSR count). The number of hydrogen-bond acceptors (Lipinski definition) is 2. The molecule has 0 atom stereocenters. The molecular formula is C9H7ClN2O. The maximum absolute atomic E-state index is 8.45. The second kappa shape index (κ2) is 2.78. The lowest BCUT2D eigenvalue weighted by molar-refractivity contribution is 0.319. The monoisotopic (exact) mass is 194 g/mol. The third kappa shape index (κ3) is 1.17. The minimum Gasteiger partial charge on any atom is -0.409 e. The number of oxime groups is 1. The van der Waals surface area contributed by atoms with E-state index in [0.29, 0.717) is 5.02 Å². The van der Waals surface area contributed by atoms with Crippen LogP contribution in [0.1, 0.15) is 11.1 Å². The maximum Gasteiger partial charge on any atom is 0.170 e. The number of fused-ring (bicyclic) bond motifs is 1. The highest BCUT2D eigenvalue weighted by Gasteiger charge is 2.19. The summed E-state index contributed by atoms with van der Waals surface area (Å²) in [4.78, 5) is 0. The van der Waals surface area contributed by atoms with Gasteiger partial charge < -0.3 is 10.9 Å². The summed E-state index contributed by atoms with van der Waals surface area (Å²) in [6.45, 7) is 0. The van der Waals surface area contributed by atoms with E-state index in [1.807, 2.05) is 12.1 Å². The van der Waals surface area contributed by atoms with Crippen molar-refractivity contribution in [1.29, 1.82) is 0 Å². The van der Waals surface area contributed by atoms with Crippen molar-refractivity contribution in [2.24, 2.45) is 10.9 Å². The van der Waals surface area contributed by atoms with E-state index in [9.17, 15) is 0 Å². The Hall–Kier alpha value is -1.48. The van der Waals surface area contributed by atoms with E-state index in [-0.39, 0.29) is 5.84 Å². The third-order valence-corrected chi connectivity index (χ3v) is 2.22. The van der Waals surface area contributed by atoms with Crippen LogP contribution in [0.5, 0.6) is 0 Å². The fraction of sp³-hybridized carbons (Fsp3) is 0. The van der Waals surface area contributed by atoms with Gasteiger partial charge in [0.25, 0.3) is 0 Å². The van der Waals surface area contributed by atoms with Gasteiger partial charge in [0.2, 0.25) is 0 Å². The average molecular weight is 195 g/mol. The molecule has 4 heteroatoms. The molecule has 0 saturated carbocycles. The number of benzene rings is 1. The molecule has 0 spiro atoms. The summed E-state index contributed by atoms with van der Waals surface area (Å²) in [5.74, 6) is 0.120. The summed E-state index contributed by atoms with van der Waals surface area (Å²) in [6.07, 6.45) is 1.85. The van der Waals surface area contributed by atoms with Crippen LogP contribution in [-0.4, -0.2) is 11.0 Å². The Morgan fingerprint density at radius 3 is 2.92 bits per heavy atom. The number of amidine groups is 1. The van der Waals surface area contributed by atoms with E-state index in [0.717, 1.165) is 16.7 Å². The summed E-state index contributed by atoms with van der Waals surface area (Å²) >= 11 is 5.79. The molecule has 1 aliphatic carbocycles. The van der Waals surface area contributed by atoms with Crippen molar-refractivity contribution >= 4 is 29.1 Å². The molecule has 0 amide bonds. The Bertz CT molecular complexity index is 424. The fourth-order valence-corrected chi connectivity index (χ4v) is 1.48. The summed E-state index contributed by atoms with van der Waals surface area (Å²) in [5.41, 5.74) is 8.16. The van der Waals surface area contributed by atoms with Crippen LogP contribution < -0.4 is 5.73 Å². The van der Waals surface area contributed by atoms with E-state index in [1.165, 1.54) is 0 Å². The van der Waals surface area contributed by atoms with Gasteiger partial charge in [-0.05, 0) is 29.3 Å². The number of halogens is 1. The Morgan fingerprint density at radius 2 is 2.23 bits per heavy atom. The molecule has 0 bridgehead atoms. The highest BCUT2D eigenvalue weighted by Crippen LogP contribution is 2.34. The molecule has 0 radical (unpaired) electrons. The number of nitrogens with zero attached hydrogens (tertiary/aromatic N) is 1. The minimum atomic E-state index is 0.120. The van der Waals surface area contributed by atoms with E-state index >= 15 is 0 Å². The van der Waals surface area contributed by atoms with Gasteiger partial charge in [0.05, 0.1) is 0 Å². The molecule has 1 aromatic carbocycles. The summed E-state index contributed by atoms with van der Waals surface area (Å²) in [5, 5.41) is 12.0. The van der Waals surface area contributed by atoms with Crippen LogP contribution in [-0.2, 0) is 0 Å². The number of nitrogens with two attached hydrogens (primary N) is 1. The normalized spacial score (nSPS) is 14.5. The Morgan fingerprint density at radius 1 is 1.46 bits per heavy atom. The van der Waals surface area contributed by atoms with Gasteiger partial charge in [-0.3, -0.25) is 0 Å². The fourth-order valence-electron chi connectivity index (χ4n) is 1.31. The SMILES string of the molecule is NC(=NO)C1=Cc2ccc(Cl)cc21. The smallest absolute Gasteiger partial charge is 0.170 e. The van der Waals surface area contributed by atoms with Crippen molar-refractivity contribution in [2.75, 3.05) is 0 Å². The molecule has 3 N–H and O–H groups in total. The van der Waals surface area contributed by atoms with Gasteiger partial charge in [-0.15, -0.1) is 0 Å². The van der Waals surface area contributed by atoms with Gasteiger partial charge in [0, 0.05) is 10.6 Å². The standard InChI is InChI=1S/C9H7ClN2O/c10-6-2-1-5-3-8(7(5)4-6)9(11)12-13/h1-4,13H,(H2,11,12). The Labute approximate surface area is 80.1 Å². The maximum atomic E-state index is 8.45. The first-order chi connectivity index (χ1) is 6.22. The van der Waals surface area contributed by atoms with Gasteiger partial charge >= 0.3 is 0 Å². The predicted molar refractivity (Wildman–Crippen MR) is 52.7 cm³/mol. The lowest BCUT2D eigenvalue weighted by Crippen LogP contribution is -2.18. The summed E-state index contributed by atoms with van der Waals surface area (Å²) < 4.78 is 0. The van der Waals surface area contributed by atoms with Crippen LogP contribution in [0.2, 0.25) is 5.02 Å². The molecule has 0 heterocycles. The van der Waals surface area contributed by atoms with Crippen LogP contribution in [0.25, 0.3) is 11.6 Å². The largest absolute Gasteiger partial charge is 0.409 e. The molecule has 0 aliphatic heterocycles. The molecule has 3 nitrogen and oxygen atoms in total. The molecule has 1 aromatic rings. The molecule has 0 aromatic heterocycles. The zero-order chi connectivity index (χ0) is 9.42. The highest BCUT2D eigenvalue weighted by molar-refractivity contribution is 6.34. The number of hydrogen-bond donors (Lipinski definition) is 2. The van der Waals surface area contributed by atoms with Crippen molar-refractivity contribution in [3.05, 3.63) is 34.3 Å². The van der Waals surface area contributed by atoms with Crippen LogP contribution in [0.3, 0.4) is 0 Å². The van der Waals surface area contributed by atoms with Crippen molar-refractivity contribution in [3.63, 3.8) is 0 Å². The lowest BCUT2D eigenvalue weighted by Gasteiger charge is -2.18. The van der Waals surface area contributed by atoms with E-state index < -0.39 is 0 Å². The van der Waals surface area contributed by atoms with Crippen LogP contribution in [0, 0.1) is 0 Å². The molecular weight excluding hydrogens is 188 g/mol. The first kappa shape index (κ1) is 8.13. The van der Waals surface area contributed by atoms with E-state index in [4.69, 9.17) is 22.5 Å². The van der Waals surface area contributed by atoms with E-state index in [1.54, 1.807) is 12.1 Å². The van der Waals surface area contributed by atoms with Gasteiger partial charge in [0.1, 0.15) is 0 Å². The molecule has 0 saturated heterocycles. The molecule has 13 heavy (non-hydrogen) atoms. The topological polar surface area (TPSA) is 58.6 Å². The van der Waals surface area contributed by atoms with Gasteiger partial charge in [-0.1, -0.05) is 22.8 Å². The lowest BCUT2D eigenvalue weighted by atomic mass is 9.88. The van der Waals surface area contributed by atoms with Crippen LogP contribution >= 0.6 is 11.6 Å². The van der Waals surface area contributed by atoms with Crippen molar-refractivity contribution in [3.8, 4) is 0 Å². The third-order valence-electron chi connectivity index (χ3n) is 1.99. The van der Waals surface area contributed by atoms with Crippen molar-refractivity contribution in [2.45, 2.75) is 0 Å². The highest BCUT2D eigenvalue weighted by atomic mass is 35.5. The minimum absolute atomic E-state index is 0.120. The molecule has 0 unspecified atom stereocenters. The predicted octanol–water partition coefficient (Wildman–Crippen LogP) is 1.94. The van der Waals surface area contributed by atoms with Gasteiger partial charge in [-0.2, -0.15) is 0 Å². The van der Waals surface area contributed by atoms with Crippen molar-refractivity contribution in [1.82, 2.24) is 0 Å². The average Bonchev–Trinajstić information content (AvgIpc) is 2.10. The quantitative estimate of drug-likeness (QED) is 0.311. The summed E-state index contributed by atoms with van der Waals surface area (Å²) in [6, 6.07) is 5.50.